The monoisotopic (exact) mass is 376 g/mol. The standard InChI is InChI=1S/C15H24N2O5S2/c1-12-11-14(22-3)5-6-15(12)24(20,21)17-9-7-13(8-10-17)16(2)23(4,18)19/h5-6,11,13H,7-10H2,1-4H3. The molecule has 1 saturated heterocycles. The first kappa shape index (κ1) is 19.2. The fourth-order valence-electron chi connectivity index (χ4n) is 2.89. The van der Waals surface area contributed by atoms with Crippen LogP contribution in [0.2, 0.25) is 0 Å². The van der Waals surface area contributed by atoms with Crippen molar-refractivity contribution in [2.45, 2.75) is 30.7 Å². The van der Waals surface area contributed by atoms with Crippen molar-refractivity contribution in [3.05, 3.63) is 23.8 Å². The van der Waals surface area contributed by atoms with Crippen LogP contribution in [0, 0.1) is 6.92 Å². The second-order valence-corrected chi connectivity index (χ2v) is 9.99. The molecule has 1 aromatic carbocycles. The molecule has 0 aromatic heterocycles. The van der Waals surface area contributed by atoms with Gasteiger partial charge in [0.1, 0.15) is 5.75 Å². The molecular formula is C15H24N2O5S2. The molecule has 0 aliphatic carbocycles. The van der Waals surface area contributed by atoms with Crippen LogP contribution in [-0.2, 0) is 20.0 Å². The Morgan fingerprint density at radius 1 is 1.17 bits per heavy atom. The van der Waals surface area contributed by atoms with Crippen LogP contribution in [0.25, 0.3) is 0 Å². The van der Waals surface area contributed by atoms with E-state index in [2.05, 4.69) is 0 Å². The highest BCUT2D eigenvalue weighted by atomic mass is 32.2. The maximum atomic E-state index is 12.8. The molecule has 1 aromatic rings. The lowest BCUT2D eigenvalue weighted by Gasteiger charge is -2.35. The summed E-state index contributed by atoms with van der Waals surface area (Å²) in [6.07, 6.45) is 2.13. The molecule has 1 fully saturated rings. The average molecular weight is 377 g/mol. The van der Waals surface area contributed by atoms with Crippen molar-refractivity contribution in [1.82, 2.24) is 8.61 Å². The lowest BCUT2D eigenvalue weighted by Crippen LogP contribution is -2.47. The molecule has 2 rings (SSSR count). The lowest BCUT2D eigenvalue weighted by atomic mass is 10.1. The van der Waals surface area contributed by atoms with Crippen LogP contribution in [0.4, 0.5) is 0 Å². The van der Waals surface area contributed by atoms with Gasteiger partial charge in [-0.1, -0.05) is 0 Å². The Bertz CT molecular complexity index is 797. The number of ether oxygens (including phenoxy) is 1. The highest BCUT2D eigenvalue weighted by Crippen LogP contribution is 2.27. The van der Waals surface area contributed by atoms with E-state index in [9.17, 15) is 16.8 Å². The van der Waals surface area contributed by atoms with Crippen molar-refractivity contribution in [3.63, 3.8) is 0 Å². The van der Waals surface area contributed by atoms with Crippen LogP contribution in [0.15, 0.2) is 23.1 Å². The predicted octanol–water partition coefficient (Wildman–Crippen LogP) is 1.05. The molecule has 9 heteroatoms. The number of benzene rings is 1. The summed E-state index contributed by atoms with van der Waals surface area (Å²) in [4.78, 5) is 0.262. The fraction of sp³-hybridized carbons (Fsp3) is 0.600. The molecule has 0 spiro atoms. The number of hydrogen-bond donors (Lipinski definition) is 0. The van der Waals surface area contributed by atoms with Crippen LogP contribution in [-0.4, -0.2) is 65.0 Å². The zero-order chi connectivity index (χ0) is 18.1. The second kappa shape index (κ2) is 6.99. The second-order valence-electron chi connectivity index (χ2n) is 6.05. The van der Waals surface area contributed by atoms with Gasteiger partial charge in [0.2, 0.25) is 20.0 Å². The van der Waals surface area contributed by atoms with Gasteiger partial charge in [0.05, 0.1) is 18.3 Å². The highest BCUT2D eigenvalue weighted by Gasteiger charge is 2.33. The lowest BCUT2D eigenvalue weighted by molar-refractivity contribution is 0.239. The molecular weight excluding hydrogens is 352 g/mol. The van der Waals surface area contributed by atoms with Gasteiger partial charge < -0.3 is 4.74 Å². The molecule has 136 valence electrons. The summed E-state index contributed by atoms with van der Waals surface area (Å²) < 4.78 is 56.8. The van der Waals surface area contributed by atoms with Crippen molar-refractivity contribution in [2.24, 2.45) is 0 Å². The largest absolute Gasteiger partial charge is 0.497 e. The summed E-state index contributed by atoms with van der Waals surface area (Å²) in [5.74, 6) is 0.611. The van der Waals surface area contributed by atoms with E-state index in [0.29, 0.717) is 37.2 Å². The summed E-state index contributed by atoms with van der Waals surface area (Å²) >= 11 is 0. The van der Waals surface area contributed by atoms with Crippen molar-refractivity contribution in [3.8, 4) is 5.75 Å². The predicted molar refractivity (Wildman–Crippen MR) is 92.1 cm³/mol. The average Bonchev–Trinajstić information content (AvgIpc) is 2.53. The number of piperidine rings is 1. The Kier molecular flexibility index (Phi) is 5.58. The van der Waals surface area contributed by atoms with Gasteiger partial charge in [-0.3, -0.25) is 0 Å². The molecule has 1 aliphatic rings. The summed E-state index contributed by atoms with van der Waals surface area (Å²) in [6, 6.07) is 4.71. The van der Waals surface area contributed by atoms with Crippen molar-refractivity contribution >= 4 is 20.0 Å². The van der Waals surface area contributed by atoms with E-state index in [1.54, 1.807) is 25.1 Å². The van der Waals surface area contributed by atoms with Gasteiger partial charge in [-0.05, 0) is 43.5 Å². The van der Waals surface area contributed by atoms with Gasteiger partial charge >= 0.3 is 0 Å². The normalized spacial score (nSPS) is 18.0. The maximum Gasteiger partial charge on any atom is 0.243 e. The number of rotatable bonds is 5. The minimum absolute atomic E-state index is 0.164. The first-order valence-electron chi connectivity index (χ1n) is 7.65. The molecule has 0 atom stereocenters. The van der Waals surface area contributed by atoms with E-state index in [1.807, 2.05) is 0 Å². The zero-order valence-electron chi connectivity index (χ0n) is 14.4. The zero-order valence-corrected chi connectivity index (χ0v) is 16.0. The Morgan fingerprint density at radius 3 is 2.21 bits per heavy atom. The summed E-state index contributed by atoms with van der Waals surface area (Å²) in [5.41, 5.74) is 0.629. The number of nitrogens with zero attached hydrogens (tertiary/aromatic N) is 2. The molecule has 1 heterocycles. The highest BCUT2D eigenvalue weighted by molar-refractivity contribution is 7.89. The van der Waals surface area contributed by atoms with Gasteiger partial charge in [0, 0.05) is 26.2 Å². The minimum Gasteiger partial charge on any atom is -0.497 e. The van der Waals surface area contributed by atoms with E-state index in [0.717, 1.165) is 6.26 Å². The fourth-order valence-corrected chi connectivity index (χ4v) is 5.32. The molecule has 1 aliphatic heterocycles. The Labute approximate surface area is 144 Å². The third kappa shape index (κ3) is 3.90. The van der Waals surface area contributed by atoms with Gasteiger partial charge in [-0.25, -0.2) is 21.1 Å². The SMILES string of the molecule is COc1ccc(S(=O)(=O)N2CCC(N(C)S(C)(=O)=O)CC2)c(C)c1. The van der Waals surface area contributed by atoms with Crippen molar-refractivity contribution < 1.29 is 21.6 Å². The molecule has 0 unspecified atom stereocenters. The summed E-state index contributed by atoms with van der Waals surface area (Å²) in [7, 11) is -3.79. The number of sulfonamides is 2. The molecule has 0 radical (unpaired) electrons. The van der Waals surface area contributed by atoms with Gasteiger partial charge in [-0.2, -0.15) is 4.31 Å². The third-order valence-electron chi connectivity index (χ3n) is 4.46. The van der Waals surface area contributed by atoms with Crippen LogP contribution in [0.1, 0.15) is 18.4 Å². The van der Waals surface area contributed by atoms with Crippen LogP contribution in [0.3, 0.4) is 0 Å². The Morgan fingerprint density at radius 2 is 1.75 bits per heavy atom. The van der Waals surface area contributed by atoms with Gasteiger partial charge in [0.25, 0.3) is 0 Å². The van der Waals surface area contributed by atoms with E-state index >= 15 is 0 Å². The molecule has 0 bridgehead atoms. The maximum absolute atomic E-state index is 12.8. The van der Waals surface area contributed by atoms with Crippen molar-refractivity contribution in [1.29, 1.82) is 0 Å². The summed E-state index contributed by atoms with van der Waals surface area (Å²) in [6.45, 7) is 2.34. The topological polar surface area (TPSA) is 84.0 Å². The van der Waals surface area contributed by atoms with Crippen LogP contribution >= 0.6 is 0 Å². The van der Waals surface area contributed by atoms with E-state index < -0.39 is 20.0 Å². The minimum atomic E-state index is -3.59. The molecule has 7 nitrogen and oxygen atoms in total. The molecule has 24 heavy (non-hydrogen) atoms. The summed E-state index contributed by atoms with van der Waals surface area (Å²) in [5, 5.41) is 0. The Balaban J connectivity index is 2.16. The number of hydrogen-bond acceptors (Lipinski definition) is 5. The quantitative estimate of drug-likeness (QED) is 0.767. The molecule has 0 saturated carbocycles. The number of methoxy groups -OCH3 is 1. The number of aryl methyl sites for hydroxylation is 1. The van der Waals surface area contributed by atoms with Gasteiger partial charge in [-0.15, -0.1) is 0 Å². The Hall–Kier alpha value is -1.16. The molecule has 0 N–H and O–H groups in total. The van der Waals surface area contributed by atoms with E-state index in [1.165, 1.54) is 22.8 Å². The molecule has 0 amide bonds. The van der Waals surface area contributed by atoms with Crippen molar-refractivity contribution in [2.75, 3.05) is 33.5 Å². The first-order chi connectivity index (χ1) is 11.1. The smallest absolute Gasteiger partial charge is 0.243 e. The first-order valence-corrected chi connectivity index (χ1v) is 10.9. The van der Waals surface area contributed by atoms with E-state index in [-0.39, 0.29) is 10.9 Å². The van der Waals surface area contributed by atoms with Crippen LogP contribution in [0.5, 0.6) is 5.75 Å². The van der Waals surface area contributed by atoms with Crippen LogP contribution < -0.4 is 4.74 Å². The third-order valence-corrected chi connectivity index (χ3v) is 7.86. The van der Waals surface area contributed by atoms with E-state index in [4.69, 9.17) is 4.74 Å². The van der Waals surface area contributed by atoms with Gasteiger partial charge in [0.15, 0.2) is 0 Å².